The highest BCUT2D eigenvalue weighted by atomic mass is 16.5. The number of amides is 1. The normalized spacial score (nSPS) is 17.0. The first kappa shape index (κ1) is 16.9. The second-order valence-corrected chi connectivity index (χ2v) is 6.09. The second-order valence-electron chi connectivity index (χ2n) is 6.09. The minimum Gasteiger partial charge on any atom is -0.481 e. The number of nitrogens with one attached hydrogen (secondary N) is 1. The fraction of sp³-hybridized carbons (Fsp3) is 0.316. The standard InChI is InChI=1S/C19H20N4O2/c1-25-18-7-4-15(11-21-18)12-23-9-8-17(13-23)22-19(24)16-5-2-14(10-20)3-6-16/h2-7,11,17H,8-9,12-13H2,1H3,(H,22,24)/t17-/m1/s1. The van der Waals surface area contributed by atoms with Crippen molar-refractivity contribution in [3.05, 3.63) is 59.3 Å². The molecule has 1 saturated heterocycles. The van der Waals surface area contributed by atoms with Gasteiger partial charge in [-0.25, -0.2) is 4.98 Å². The summed E-state index contributed by atoms with van der Waals surface area (Å²) in [4.78, 5) is 18.8. The molecule has 1 aromatic heterocycles. The van der Waals surface area contributed by atoms with Crippen LogP contribution in [0.4, 0.5) is 0 Å². The molecule has 1 fully saturated rings. The lowest BCUT2D eigenvalue weighted by molar-refractivity contribution is 0.0937. The van der Waals surface area contributed by atoms with Gasteiger partial charge in [0.05, 0.1) is 18.7 Å². The summed E-state index contributed by atoms with van der Waals surface area (Å²) in [6, 6.07) is 12.7. The van der Waals surface area contributed by atoms with E-state index in [0.717, 1.165) is 31.6 Å². The number of ether oxygens (including phenoxy) is 1. The zero-order valence-corrected chi connectivity index (χ0v) is 14.1. The van der Waals surface area contributed by atoms with Crippen LogP contribution in [0.25, 0.3) is 0 Å². The number of methoxy groups -OCH3 is 1. The number of nitrogens with zero attached hydrogens (tertiary/aromatic N) is 3. The highest BCUT2D eigenvalue weighted by molar-refractivity contribution is 5.94. The largest absolute Gasteiger partial charge is 0.481 e. The average Bonchev–Trinajstić information content (AvgIpc) is 3.09. The molecule has 1 atom stereocenters. The first-order valence-corrected chi connectivity index (χ1v) is 8.20. The average molecular weight is 336 g/mol. The minimum atomic E-state index is -0.0950. The van der Waals surface area contributed by atoms with Crippen LogP contribution in [0.1, 0.15) is 27.9 Å². The summed E-state index contributed by atoms with van der Waals surface area (Å²) < 4.78 is 5.07. The maximum atomic E-state index is 12.3. The summed E-state index contributed by atoms with van der Waals surface area (Å²) in [5.74, 6) is 0.514. The van der Waals surface area contributed by atoms with Crippen LogP contribution in [0.2, 0.25) is 0 Å². The molecule has 6 heteroatoms. The third kappa shape index (κ3) is 4.34. The number of hydrogen-bond acceptors (Lipinski definition) is 5. The lowest BCUT2D eigenvalue weighted by atomic mass is 10.1. The molecule has 0 aliphatic carbocycles. The van der Waals surface area contributed by atoms with Crippen LogP contribution in [0.5, 0.6) is 5.88 Å². The van der Waals surface area contributed by atoms with Gasteiger partial charge in [-0.2, -0.15) is 5.26 Å². The van der Waals surface area contributed by atoms with Crippen molar-refractivity contribution >= 4 is 5.91 Å². The highest BCUT2D eigenvalue weighted by Gasteiger charge is 2.24. The minimum absolute atomic E-state index is 0.0950. The molecule has 25 heavy (non-hydrogen) atoms. The number of likely N-dealkylation sites (tertiary alicyclic amines) is 1. The van der Waals surface area contributed by atoms with E-state index in [2.05, 4.69) is 21.3 Å². The van der Waals surface area contributed by atoms with E-state index in [9.17, 15) is 4.79 Å². The van der Waals surface area contributed by atoms with Gasteiger partial charge in [0.25, 0.3) is 5.91 Å². The Balaban J connectivity index is 1.51. The zero-order valence-electron chi connectivity index (χ0n) is 14.1. The Morgan fingerprint density at radius 1 is 1.36 bits per heavy atom. The molecule has 1 aliphatic heterocycles. The summed E-state index contributed by atoms with van der Waals surface area (Å²) in [7, 11) is 1.60. The third-order valence-corrected chi connectivity index (χ3v) is 4.30. The van der Waals surface area contributed by atoms with Crippen LogP contribution < -0.4 is 10.1 Å². The zero-order chi connectivity index (χ0) is 17.6. The van der Waals surface area contributed by atoms with Gasteiger partial charge in [0.15, 0.2) is 0 Å². The van der Waals surface area contributed by atoms with Gasteiger partial charge >= 0.3 is 0 Å². The van der Waals surface area contributed by atoms with Crippen LogP contribution in [-0.2, 0) is 6.54 Å². The summed E-state index contributed by atoms with van der Waals surface area (Å²) in [5.41, 5.74) is 2.26. The van der Waals surface area contributed by atoms with E-state index in [1.807, 2.05) is 18.3 Å². The number of aromatic nitrogens is 1. The smallest absolute Gasteiger partial charge is 0.251 e. The number of pyridine rings is 1. The molecule has 0 radical (unpaired) electrons. The molecule has 1 N–H and O–H groups in total. The Hall–Kier alpha value is -2.91. The van der Waals surface area contributed by atoms with Crippen molar-refractivity contribution in [2.75, 3.05) is 20.2 Å². The summed E-state index contributed by atoms with van der Waals surface area (Å²) in [6.45, 7) is 2.55. The Morgan fingerprint density at radius 3 is 2.80 bits per heavy atom. The Morgan fingerprint density at radius 2 is 2.16 bits per heavy atom. The van der Waals surface area contributed by atoms with Crippen molar-refractivity contribution in [3.63, 3.8) is 0 Å². The molecule has 1 aromatic carbocycles. The molecule has 3 rings (SSSR count). The van der Waals surface area contributed by atoms with Crippen LogP contribution in [0, 0.1) is 11.3 Å². The molecule has 0 bridgehead atoms. The highest BCUT2D eigenvalue weighted by Crippen LogP contribution is 2.15. The molecular weight excluding hydrogens is 316 g/mol. The van der Waals surface area contributed by atoms with Crippen LogP contribution in [-0.4, -0.2) is 42.0 Å². The number of carbonyl (C=O) groups excluding carboxylic acids is 1. The molecular formula is C19H20N4O2. The van der Waals surface area contributed by atoms with E-state index in [0.29, 0.717) is 17.0 Å². The summed E-state index contributed by atoms with van der Waals surface area (Å²) in [6.07, 6.45) is 2.74. The number of hydrogen-bond donors (Lipinski definition) is 1. The van der Waals surface area contributed by atoms with Crippen LogP contribution in [0.15, 0.2) is 42.6 Å². The number of nitriles is 1. The monoisotopic (exact) mass is 336 g/mol. The molecule has 2 aromatic rings. The number of carbonyl (C=O) groups is 1. The lowest BCUT2D eigenvalue weighted by Crippen LogP contribution is -2.37. The SMILES string of the molecule is COc1ccc(CN2CC[C@@H](NC(=O)c3ccc(C#N)cc3)C2)cn1. The fourth-order valence-corrected chi connectivity index (χ4v) is 2.94. The molecule has 1 amide bonds. The van der Waals surface area contributed by atoms with Crippen molar-refractivity contribution in [2.24, 2.45) is 0 Å². The van der Waals surface area contributed by atoms with Crippen molar-refractivity contribution in [3.8, 4) is 11.9 Å². The van der Waals surface area contributed by atoms with Gasteiger partial charge in [-0.15, -0.1) is 0 Å². The van der Waals surface area contributed by atoms with Crippen molar-refractivity contribution in [1.82, 2.24) is 15.2 Å². The molecule has 2 heterocycles. The quantitative estimate of drug-likeness (QED) is 0.903. The second kappa shape index (κ2) is 7.77. The maximum absolute atomic E-state index is 12.3. The van der Waals surface area contributed by atoms with Gasteiger partial charge in [-0.3, -0.25) is 9.69 Å². The fourth-order valence-electron chi connectivity index (χ4n) is 2.94. The Labute approximate surface area is 147 Å². The molecule has 0 saturated carbocycles. The molecule has 128 valence electrons. The summed E-state index contributed by atoms with van der Waals surface area (Å²) >= 11 is 0. The number of benzene rings is 1. The topological polar surface area (TPSA) is 78.2 Å². The van der Waals surface area contributed by atoms with Gasteiger partial charge in [-0.05, 0) is 36.2 Å². The van der Waals surface area contributed by atoms with Crippen LogP contribution >= 0.6 is 0 Å². The number of rotatable bonds is 5. The van der Waals surface area contributed by atoms with Gasteiger partial charge in [0, 0.05) is 43.5 Å². The van der Waals surface area contributed by atoms with E-state index >= 15 is 0 Å². The first-order chi connectivity index (χ1) is 12.2. The van der Waals surface area contributed by atoms with Gasteiger partial charge in [0.1, 0.15) is 0 Å². The predicted octanol–water partition coefficient (Wildman–Crippen LogP) is 1.97. The van der Waals surface area contributed by atoms with E-state index in [1.54, 1.807) is 31.4 Å². The molecule has 0 unspecified atom stereocenters. The molecule has 6 nitrogen and oxygen atoms in total. The van der Waals surface area contributed by atoms with E-state index < -0.39 is 0 Å². The van der Waals surface area contributed by atoms with Crippen LogP contribution in [0.3, 0.4) is 0 Å². The maximum Gasteiger partial charge on any atom is 0.251 e. The van der Waals surface area contributed by atoms with Gasteiger partial charge in [-0.1, -0.05) is 6.07 Å². The third-order valence-electron chi connectivity index (χ3n) is 4.30. The van der Waals surface area contributed by atoms with Crippen molar-refractivity contribution in [2.45, 2.75) is 19.0 Å². The van der Waals surface area contributed by atoms with E-state index in [-0.39, 0.29) is 11.9 Å². The van der Waals surface area contributed by atoms with E-state index in [1.165, 1.54) is 0 Å². The van der Waals surface area contributed by atoms with E-state index in [4.69, 9.17) is 10.00 Å². The summed E-state index contributed by atoms with van der Waals surface area (Å²) in [5, 5.41) is 11.9. The Bertz CT molecular complexity index is 766. The molecule has 1 aliphatic rings. The van der Waals surface area contributed by atoms with Crippen molar-refractivity contribution in [1.29, 1.82) is 5.26 Å². The first-order valence-electron chi connectivity index (χ1n) is 8.20. The molecule has 0 spiro atoms. The lowest BCUT2D eigenvalue weighted by Gasteiger charge is -2.17. The van der Waals surface area contributed by atoms with Crippen molar-refractivity contribution < 1.29 is 9.53 Å². The predicted molar refractivity (Wildman–Crippen MR) is 93.1 cm³/mol. The van der Waals surface area contributed by atoms with Gasteiger partial charge in [0.2, 0.25) is 5.88 Å². The Kier molecular flexibility index (Phi) is 5.26. The van der Waals surface area contributed by atoms with Gasteiger partial charge < -0.3 is 10.1 Å².